The van der Waals surface area contributed by atoms with Crippen LogP contribution in [0.1, 0.15) is 48.5 Å². The van der Waals surface area contributed by atoms with E-state index in [2.05, 4.69) is 0 Å². The zero-order valence-corrected chi connectivity index (χ0v) is 13.4. The molecule has 0 aromatic heterocycles. The first kappa shape index (κ1) is 18.6. The minimum atomic E-state index is -0.612. The van der Waals surface area contributed by atoms with Crippen molar-refractivity contribution in [2.75, 3.05) is 13.2 Å². The molecule has 0 atom stereocenters. The highest BCUT2D eigenvalue weighted by molar-refractivity contribution is 5.84. The number of unbranched alkanes of at least 4 members (excludes halogenated alkanes) is 2. The minimum absolute atomic E-state index is 0.00677. The molecule has 0 aliphatic carbocycles. The fourth-order valence-electron chi connectivity index (χ4n) is 2.13. The summed E-state index contributed by atoms with van der Waals surface area (Å²) in [4.78, 5) is 32.6. The molecule has 0 fully saturated rings. The monoisotopic (exact) mass is 323 g/mol. The van der Waals surface area contributed by atoms with Crippen LogP contribution in [0.5, 0.6) is 5.75 Å². The second-order valence-electron chi connectivity index (χ2n) is 5.04. The second kappa shape index (κ2) is 9.55. The van der Waals surface area contributed by atoms with E-state index in [0.29, 0.717) is 32.2 Å². The third-order valence-electron chi connectivity index (χ3n) is 3.15. The maximum Gasteiger partial charge on any atom is 0.321 e. The molecule has 0 heterocycles. The van der Waals surface area contributed by atoms with Crippen LogP contribution in [0.4, 0.5) is 5.69 Å². The summed E-state index contributed by atoms with van der Waals surface area (Å²) in [5.41, 5.74) is 0.416. The molecular weight excluding hydrogens is 302 g/mol. The number of nitro benzene ring substituents is 1. The third kappa shape index (κ3) is 6.06. The van der Waals surface area contributed by atoms with Crippen molar-refractivity contribution in [3.63, 3.8) is 0 Å². The van der Waals surface area contributed by atoms with Gasteiger partial charge in [0.25, 0.3) is 0 Å². The molecule has 1 aromatic carbocycles. The normalized spacial score (nSPS) is 10.2. The summed E-state index contributed by atoms with van der Waals surface area (Å²) in [6.45, 7) is 4.15. The number of carbonyl (C=O) groups excluding carboxylic acids is 2. The molecule has 0 unspecified atom stereocenters. The van der Waals surface area contributed by atoms with E-state index in [4.69, 9.17) is 9.47 Å². The first-order valence-electron chi connectivity index (χ1n) is 7.52. The van der Waals surface area contributed by atoms with E-state index in [0.717, 1.165) is 12.0 Å². The molecule has 7 heteroatoms. The quantitative estimate of drug-likeness (QED) is 0.216. The SMILES string of the molecule is CCOC(=O)CCCCCOc1cc(C)cc(C=O)c1[N+](=O)[O-]. The zero-order chi connectivity index (χ0) is 17.2. The van der Waals surface area contributed by atoms with Gasteiger partial charge in [0, 0.05) is 6.42 Å². The molecule has 7 nitrogen and oxygen atoms in total. The molecule has 0 bridgehead atoms. The number of carbonyl (C=O) groups is 2. The Morgan fingerprint density at radius 1 is 1.30 bits per heavy atom. The number of benzene rings is 1. The maximum absolute atomic E-state index is 11.2. The van der Waals surface area contributed by atoms with Crippen LogP contribution >= 0.6 is 0 Å². The number of ether oxygens (including phenoxy) is 2. The van der Waals surface area contributed by atoms with Gasteiger partial charge in [-0.15, -0.1) is 0 Å². The highest BCUT2D eigenvalue weighted by Gasteiger charge is 2.21. The standard InChI is InChI=1S/C16H21NO6/c1-3-22-15(19)7-5-4-6-8-23-14-10-12(2)9-13(11-18)16(14)17(20)21/h9-11H,3-8H2,1-2H3. The van der Waals surface area contributed by atoms with Crippen molar-refractivity contribution in [3.05, 3.63) is 33.4 Å². The predicted molar refractivity (Wildman–Crippen MR) is 83.8 cm³/mol. The van der Waals surface area contributed by atoms with Crippen LogP contribution in [0, 0.1) is 17.0 Å². The molecular formula is C16H21NO6. The van der Waals surface area contributed by atoms with Gasteiger partial charge in [-0.05, 0) is 50.8 Å². The Balaban J connectivity index is 2.52. The van der Waals surface area contributed by atoms with Crippen LogP contribution in [-0.4, -0.2) is 30.4 Å². The number of hydrogen-bond donors (Lipinski definition) is 0. The van der Waals surface area contributed by atoms with E-state index in [1.54, 1.807) is 19.9 Å². The van der Waals surface area contributed by atoms with Crippen molar-refractivity contribution in [1.82, 2.24) is 0 Å². The molecule has 0 radical (unpaired) electrons. The van der Waals surface area contributed by atoms with E-state index in [1.807, 2.05) is 0 Å². The van der Waals surface area contributed by atoms with Crippen molar-refractivity contribution in [3.8, 4) is 5.75 Å². The lowest BCUT2D eigenvalue weighted by Gasteiger charge is -2.09. The minimum Gasteiger partial charge on any atom is -0.487 e. The van der Waals surface area contributed by atoms with Crippen molar-refractivity contribution < 1.29 is 24.0 Å². The van der Waals surface area contributed by atoms with Gasteiger partial charge in [0.1, 0.15) is 0 Å². The lowest BCUT2D eigenvalue weighted by molar-refractivity contribution is -0.386. The van der Waals surface area contributed by atoms with Gasteiger partial charge in [-0.1, -0.05) is 0 Å². The molecule has 0 aliphatic heterocycles. The lowest BCUT2D eigenvalue weighted by Crippen LogP contribution is -2.05. The first-order chi connectivity index (χ1) is 11.0. The van der Waals surface area contributed by atoms with Crippen molar-refractivity contribution in [1.29, 1.82) is 0 Å². The molecule has 23 heavy (non-hydrogen) atoms. The molecule has 0 aliphatic rings. The van der Waals surface area contributed by atoms with E-state index in [1.165, 1.54) is 6.07 Å². The van der Waals surface area contributed by atoms with Crippen molar-refractivity contribution in [2.24, 2.45) is 0 Å². The van der Waals surface area contributed by atoms with Gasteiger partial charge >= 0.3 is 11.7 Å². The smallest absolute Gasteiger partial charge is 0.321 e. The topological polar surface area (TPSA) is 95.7 Å². The van der Waals surface area contributed by atoms with Crippen LogP contribution in [0.15, 0.2) is 12.1 Å². The molecule has 0 saturated carbocycles. The van der Waals surface area contributed by atoms with E-state index in [9.17, 15) is 19.7 Å². The summed E-state index contributed by atoms with van der Waals surface area (Å²) in [6, 6.07) is 3.00. The summed E-state index contributed by atoms with van der Waals surface area (Å²) in [7, 11) is 0. The average molecular weight is 323 g/mol. The Morgan fingerprint density at radius 2 is 2.04 bits per heavy atom. The van der Waals surface area contributed by atoms with Crippen molar-refractivity contribution in [2.45, 2.75) is 39.5 Å². The zero-order valence-electron chi connectivity index (χ0n) is 13.4. The summed E-state index contributed by atoms with van der Waals surface area (Å²) < 4.78 is 10.3. The van der Waals surface area contributed by atoms with Gasteiger partial charge in [0.05, 0.1) is 23.7 Å². The highest BCUT2D eigenvalue weighted by atomic mass is 16.6. The Hall–Kier alpha value is -2.44. The van der Waals surface area contributed by atoms with Crippen LogP contribution in [-0.2, 0) is 9.53 Å². The Kier molecular flexibility index (Phi) is 7.73. The van der Waals surface area contributed by atoms with E-state index >= 15 is 0 Å². The van der Waals surface area contributed by atoms with Crippen LogP contribution in [0.2, 0.25) is 0 Å². The Bertz CT molecular complexity index is 570. The van der Waals surface area contributed by atoms with Gasteiger partial charge in [0.15, 0.2) is 12.0 Å². The van der Waals surface area contributed by atoms with Crippen LogP contribution in [0.3, 0.4) is 0 Å². The second-order valence-corrected chi connectivity index (χ2v) is 5.04. The summed E-state index contributed by atoms with van der Waals surface area (Å²) in [6.07, 6.45) is 2.89. The molecule has 0 saturated heterocycles. The molecule has 1 rings (SSSR count). The predicted octanol–water partition coefficient (Wildman–Crippen LogP) is 3.22. The molecule has 0 spiro atoms. The average Bonchev–Trinajstić information content (AvgIpc) is 2.49. The summed E-state index contributed by atoms with van der Waals surface area (Å²) in [5.74, 6) is -0.124. The molecule has 126 valence electrons. The number of nitrogens with zero attached hydrogens (tertiary/aromatic N) is 1. The first-order valence-corrected chi connectivity index (χ1v) is 7.52. The van der Waals surface area contributed by atoms with Gasteiger partial charge in [0.2, 0.25) is 0 Å². The maximum atomic E-state index is 11.2. The van der Waals surface area contributed by atoms with E-state index < -0.39 is 4.92 Å². The largest absolute Gasteiger partial charge is 0.487 e. The molecule has 0 amide bonds. The third-order valence-corrected chi connectivity index (χ3v) is 3.15. The van der Waals surface area contributed by atoms with Crippen LogP contribution < -0.4 is 4.74 Å². The highest BCUT2D eigenvalue weighted by Crippen LogP contribution is 2.31. The molecule has 1 aromatic rings. The van der Waals surface area contributed by atoms with Gasteiger partial charge in [-0.25, -0.2) is 0 Å². The molecule has 0 N–H and O–H groups in total. The van der Waals surface area contributed by atoms with Gasteiger partial charge in [-0.3, -0.25) is 19.7 Å². The number of rotatable bonds is 10. The lowest BCUT2D eigenvalue weighted by atomic mass is 10.1. The van der Waals surface area contributed by atoms with Gasteiger partial charge < -0.3 is 9.47 Å². The van der Waals surface area contributed by atoms with E-state index in [-0.39, 0.29) is 29.6 Å². The fourth-order valence-corrected chi connectivity index (χ4v) is 2.13. The Morgan fingerprint density at radius 3 is 2.65 bits per heavy atom. The fraction of sp³-hybridized carbons (Fsp3) is 0.500. The summed E-state index contributed by atoms with van der Waals surface area (Å²) >= 11 is 0. The number of aldehydes is 1. The Labute approximate surface area is 134 Å². The summed E-state index contributed by atoms with van der Waals surface area (Å²) in [5, 5.41) is 11.1. The number of hydrogen-bond acceptors (Lipinski definition) is 6. The number of esters is 1. The van der Waals surface area contributed by atoms with Crippen molar-refractivity contribution >= 4 is 17.9 Å². The number of nitro groups is 1. The number of aryl methyl sites for hydroxylation is 1. The van der Waals surface area contributed by atoms with Crippen LogP contribution in [0.25, 0.3) is 0 Å². The van der Waals surface area contributed by atoms with Gasteiger partial charge in [-0.2, -0.15) is 0 Å².